The summed E-state index contributed by atoms with van der Waals surface area (Å²) in [5.74, 6) is 0. The van der Waals surface area contributed by atoms with Crippen LogP contribution in [0.25, 0.3) is 0 Å². The van der Waals surface area contributed by atoms with Gasteiger partial charge in [0.25, 0.3) is 0 Å². The fourth-order valence-electron chi connectivity index (χ4n) is 3.64. The third-order valence-electron chi connectivity index (χ3n) is 5.20. The van der Waals surface area contributed by atoms with Gasteiger partial charge in [0.05, 0.1) is 0 Å². The van der Waals surface area contributed by atoms with E-state index >= 15 is 0 Å². The van der Waals surface area contributed by atoms with Crippen LogP contribution in [0.5, 0.6) is 0 Å². The predicted octanol–water partition coefficient (Wildman–Crippen LogP) is 2.78. The SMILES string of the molecule is CCC(C)[Si]([SiH2][SiH3])(C(C)CC)C(C)CC. The molecular formula is C12H32Si3. The third-order valence-corrected chi connectivity index (χ3v) is 34.1. The van der Waals surface area contributed by atoms with Crippen LogP contribution in [0.2, 0.25) is 16.6 Å². The highest BCUT2D eigenvalue weighted by Crippen LogP contribution is 2.44. The van der Waals surface area contributed by atoms with Crippen LogP contribution in [-0.2, 0) is 0 Å². The number of hydrogen-bond acceptors (Lipinski definition) is 0. The molecule has 0 aromatic rings. The first-order chi connectivity index (χ1) is 7.00. The maximum atomic E-state index is 2.58. The van der Waals surface area contributed by atoms with Gasteiger partial charge in [0, 0.05) is 16.1 Å². The van der Waals surface area contributed by atoms with Crippen LogP contribution in [-0.4, -0.2) is 25.9 Å². The average molecular weight is 261 g/mol. The molecule has 0 amide bonds. The highest BCUT2D eigenvalue weighted by atomic mass is 29.5. The molecule has 0 aromatic heterocycles. The molecule has 0 saturated heterocycles. The second-order valence-electron chi connectivity index (χ2n) is 5.39. The van der Waals surface area contributed by atoms with Gasteiger partial charge in [-0.15, -0.1) is 0 Å². The van der Waals surface area contributed by atoms with E-state index in [1.165, 1.54) is 19.3 Å². The van der Waals surface area contributed by atoms with Gasteiger partial charge in [-0.3, -0.25) is 0 Å². The summed E-state index contributed by atoms with van der Waals surface area (Å²) in [6.07, 6.45) is 4.32. The standard InChI is InChI=1S/C12H32Si3/c1-7-10(4)15(14-13,11(5)8-2)12(6)9-3/h10-12H,7-9,14H2,1-6,13H3. The molecule has 3 heteroatoms. The first-order valence-corrected chi connectivity index (χ1v) is 17.2. The van der Waals surface area contributed by atoms with E-state index in [1.54, 1.807) is 9.76 Å². The molecule has 0 spiro atoms. The Hall–Kier alpha value is 0.651. The Morgan fingerprint density at radius 3 is 1.27 bits per heavy atom. The maximum absolute atomic E-state index is 2.58. The van der Waals surface area contributed by atoms with E-state index in [1.807, 2.05) is 0 Å². The molecule has 0 bridgehead atoms. The summed E-state index contributed by atoms with van der Waals surface area (Å²) in [6, 6.07) is 0. The molecule has 0 nitrogen and oxygen atoms in total. The van der Waals surface area contributed by atoms with Gasteiger partial charge in [-0.1, -0.05) is 77.4 Å². The van der Waals surface area contributed by atoms with Crippen LogP contribution < -0.4 is 0 Å². The Morgan fingerprint density at radius 2 is 1.13 bits per heavy atom. The molecule has 3 unspecified atom stereocenters. The van der Waals surface area contributed by atoms with Crippen LogP contribution >= 0.6 is 0 Å². The normalized spacial score (nSPS) is 22.8. The van der Waals surface area contributed by atoms with E-state index in [9.17, 15) is 0 Å². The molecule has 0 saturated carbocycles. The molecule has 0 rings (SSSR count). The highest BCUT2D eigenvalue weighted by Gasteiger charge is 2.43. The minimum absolute atomic E-state index is 0.324. The lowest BCUT2D eigenvalue weighted by Gasteiger charge is -2.46. The van der Waals surface area contributed by atoms with E-state index in [4.69, 9.17) is 0 Å². The Balaban J connectivity index is 5.09. The monoisotopic (exact) mass is 260 g/mol. The Labute approximate surface area is 103 Å². The molecule has 0 aliphatic rings. The molecule has 0 N–H and O–H groups in total. The second kappa shape index (κ2) is 7.07. The summed E-state index contributed by atoms with van der Waals surface area (Å²) in [7, 11) is 0.998. The first-order valence-electron chi connectivity index (χ1n) is 7.00. The summed E-state index contributed by atoms with van der Waals surface area (Å²) in [5, 5.41) is 0. The van der Waals surface area contributed by atoms with Gasteiger partial charge >= 0.3 is 0 Å². The van der Waals surface area contributed by atoms with Crippen LogP contribution in [0.15, 0.2) is 0 Å². The smallest absolute Gasteiger partial charge is 0.0450 e. The van der Waals surface area contributed by atoms with Gasteiger partial charge in [0.15, 0.2) is 0 Å². The van der Waals surface area contributed by atoms with Crippen LogP contribution in [0.1, 0.15) is 60.8 Å². The van der Waals surface area contributed by atoms with Crippen LogP contribution in [0.3, 0.4) is 0 Å². The Bertz CT molecular complexity index is 144. The summed E-state index contributed by atoms with van der Waals surface area (Å²) >= 11 is 0. The van der Waals surface area contributed by atoms with Gasteiger partial charge in [-0.05, 0) is 9.76 Å². The lowest BCUT2D eigenvalue weighted by atomic mass is 10.3. The Kier molecular flexibility index (Phi) is 7.38. The molecule has 0 aromatic carbocycles. The van der Waals surface area contributed by atoms with Crippen LogP contribution in [0, 0.1) is 0 Å². The number of hydrogen-bond donors (Lipinski definition) is 0. The van der Waals surface area contributed by atoms with E-state index in [-0.39, 0.29) is 0 Å². The number of rotatable bonds is 7. The van der Waals surface area contributed by atoms with Gasteiger partial charge in [0.1, 0.15) is 0 Å². The van der Waals surface area contributed by atoms with Crippen molar-refractivity contribution in [3.63, 3.8) is 0 Å². The highest BCUT2D eigenvalue weighted by molar-refractivity contribution is 7.41. The van der Waals surface area contributed by atoms with Crippen molar-refractivity contribution in [3.05, 3.63) is 0 Å². The third kappa shape index (κ3) is 3.07. The van der Waals surface area contributed by atoms with Crippen molar-refractivity contribution >= 4 is 25.9 Å². The largest absolute Gasteiger partial charge is 0.0654 e. The average Bonchev–Trinajstić information content (AvgIpc) is 2.29. The summed E-state index contributed by atoms with van der Waals surface area (Å²) in [6.45, 7) is 15.0. The first kappa shape index (κ1) is 15.7. The minimum atomic E-state index is -0.879. The summed E-state index contributed by atoms with van der Waals surface area (Å²) in [4.78, 5) is 0. The lowest BCUT2D eigenvalue weighted by Crippen LogP contribution is -2.53. The van der Waals surface area contributed by atoms with Crippen molar-refractivity contribution in [1.82, 2.24) is 0 Å². The molecule has 15 heavy (non-hydrogen) atoms. The molecule has 0 fully saturated rings. The van der Waals surface area contributed by atoms with Gasteiger partial charge in [-0.25, -0.2) is 0 Å². The molecule has 0 aliphatic heterocycles. The van der Waals surface area contributed by atoms with Gasteiger partial charge in [0.2, 0.25) is 0 Å². The van der Waals surface area contributed by atoms with E-state index in [0.29, 0.717) is 8.55 Å². The molecular weight excluding hydrogens is 228 g/mol. The maximum Gasteiger partial charge on any atom is 0.0450 e. The fraction of sp³-hybridized carbons (Fsp3) is 1.00. The zero-order valence-electron chi connectivity index (χ0n) is 12.1. The van der Waals surface area contributed by atoms with Crippen molar-refractivity contribution in [1.29, 1.82) is 0 Å². The summed E-state index contributed by atoms with van der Waals surface area (Å²) < 4.78 is 0. The van der Waals surface area contributed by atoms with Crippen molar-refractivity contribution in [3.8, 4) is 0 Å². The summed E-state index contributed by atoms with van der Waals surface area (Å²) in [5.41, 5.74) is 3.27. The lowest BCUT2D eigenvalue weighted by molar-refractivity contribution is 0.709. The van der Waals surface area contributed by atoms with Crippen LogP contribution in [0.4, 0.5) is 0 Å². The molecule has 0 radical (unpaired) electrons. The zero-order valence-corrected chi connectivity index (χ0v) is 16.5. The van der Waals surface area contributed by atoms with Crippen molar-refractivity contribution in [2.24, 2.45) is 0 Å². The van der Waals surface area contributed by atoms with Crippen molar-refractivity contribution < 1.29 is 0 Å². The van der Waals surface area contributed by atoms with Gasteiger partial charge < -0.3 is 0 Å². The molecule has 92 valence electrons. The molecule has 3 atom stereocenters. The van der Waals surface area contributed by atoms with Crippen molar-refractivity contribution in [2.45, 2.75) is 77.4 Å². The topological polar surface area (TPSA) is 0 Å². The second-order valence-corrected chi connectivity index (χ2v) is 23.4. The fourth-order valence-corrected chi connectivity index (χ4v) is 38.6. The molecule has 0 heterocycles. The Morgan fingerprint density at radius 1 is 0.867 bits per heavy atom. The quantitative estimate of drug-likeness (QED) is 0.618. The molecule has 0 aliphatic carbocycles. The van der Waals surface area contributed by atoms with Crippen molar-refractivity contribution in [2.75, 3.05) is 0 Å². The predicted molar refractivity (Wildman–Crippen MR) is 83.4 cm³/mol. The van der Waals surface area contributed by atoms with E-state index in [0.717, 1.165) is 16.6 Å². The van der Waals surface area contributed by atoms with E-state index in [2.05, 4.69) is 41.5 Å². The minimum Gasteiger partial charge on any atom is -0.0654 e. The van der Waals surface area contributed by atoms with Gasteiger partial charge in [-0.2, -0.15) is 0 Å². The zero-order chi connectivity index (χ0) is 12.1. The van der Waals surface area contributed by atoms with E-state index < -0.39 is 7.59 Å².